The molecular formula is C9H11NS. The van der Waals surface area contributed by atoms with Gasteiger partial charge in [-0.1, -0.05) is 5.92 Å². The summed E-state index contributed by atoms with van der Waals surface area (Å²) in [6, 6.07) is 0.0706. The summed E-state index contributed by atoms with van der Waals surface area (Å²) in [4.78, 5) is 0. The molecule has 0 aliphatic heterocycles. The van der Waals surface area contributed by atoms with Gasteiger partial charge in [0.2, 0.25) is 0 Å². The molecular weight excluding hydrogens is 154 g/mol. The summed E-state index contributed by atoms with van der Waals surface area (Å²) in [5.74, 6) is 2.69. The molecule has 1 heterocycles. The molecule has 0 fully saturated rings. The third-order valence-electron chi connectivity index (χ3n) is 1.66. The molecule has 1 N–H and O–H groups in total. The van der Waals surface area contributed by atoms with E-state index in [-0.39, 0.29) is 6.04 Å². The predicted octanol–water partition coefficient (Wildman–Crippen LogP) is 1.95. The van der Waals surface area contributed by atoms with Gasteiger partial charge in [-0.25, -0.2) is 0 Å². The minimum atomic E-state index is 0.0706. The highest BCUT2D eigenvalue weighted by Gasteiger charge is 2.07. The second-order valence-electron chi connectivity index (χ2n) is 2.40. The second-order valence-corrected chi connectivity index (χ2v) is 3.14. The summed E-state index contributed by atoms with van der Waals surface area (Å²) in [6.45, 7) is 2.08. The summed E-state index contributed by atoms with van der Waals surface area (Å²) in [5.41, 5.74) is 2.49. The van der Waals surface area contributed by atoms with Crippen molar-refractivity contribution in [1.82, 2.24) is 5.32 Å². The van der Waals surface area contributed by atoms with E-state index in [0.717, 1.165) is 0 Å². The highest BCUT2D eigenvalue weighted by atomic mass is 32.1. The molecule has 0 radical (unpaired) electrons. The van der Waals surface area contributed by atoms with Gasteiger partial charge in [-0.2, -0.15) is 11.3 Å². The fourth-order valence-corrected chi connectivity index (χ4v) is 1.87. The highest BCUT2D eigenvalue weighted by Crippen LogP contribution is 2.20. The molecule has 58 valence electrons. The van der Waals surface area contributed by atoms with E-state index in [1.54, 1.807) is 11.3 Å². The normalized spacial score (nSPS) is 12.5. The number of hydrogen-bond donors (Lipinski definition) is 1. The summed E-state index contributed by atoms with van der Waals surface area (Å²) in [6.07, 6.45) is 5.34. The Morgan fingerprint density at radius 1 is 1.64 bits per heavy atom. The lowest BCUT2D eigenvalue weighted by Crippen LogP contribution is -2.13. The fourth-order valence-electron chi connectivity index (χ4n) is 0.995. The first-order chi connectivity index (χ1) is 5.29. The number of thiophene rings is 1. The maximum Gasteiger partial charge on any atom is 0.0951 e. The average molecular weight is 165 g/mol. The van der Waals surface area contributed by atoms with Crippen LogP contribution in [-0.4, -0.2) is 7.05 Å². The zero-order chi connectivity index (χ0) is 8.27. The molecule has 0 aromatic carbocycles. The molecule has 0 spiro atoms. The van der Waals surface area contributed by atoms with Crippen LogP contribution in [0.1, 0.15) is 17.2 Å². The van der Waals surface area contributed by atoms with Crippen LogP contribution >= 0.6 is 11.3 Å². The van der Waals surface area contributed by atoms with E-state index in [0.29, 0.717) is 0 Å². The largest absolute Gasteiger partial charge is 0.303 e. The molecule has 0 amide bonds. The van der Waals surface area contributed by atoms with Gasteiger partial charge in [-0.15, -0.1) is 6.42 Å². The first-order valence-corrected chi connectivity index (χ1v) is 4.40. The van der Waals surface area contributed by atoms with E-state index >= 15 is 0 Å². The van der Waals surface area contributed by atoms with Gasteiger partial charge in [-0.05, 0) is 35.9 Å². The first kappa shape index (κ1) is 8.32. The van der Waals surface area contributed by atoms with E-state index < -0.39 is 0 Å². The van der Waals surface area contributed by atoms with Gasteiger partial charge in [0.05, 0.1) is 6.04 Å². The fraction of sp³-hybridized carbons (Fsp3) is 0.333. The molecule has 0 aliphatic carbocycles. The van der Waals surface area contributed by atoms with Gasteiger partial charge >= 0.3 is 0 Å². The standard InChI is InChI=1S/C9H11NS/c1-4-9(10-3)8-6-11-5-7(8)2/h1,5-6,9-10H,2-3H3. The number of terminal acetylenes is 1. The van der Waals surface area contributed by atoms with Crippen molar-refractivity contribution in [1.29, 1.82) is 0 Å². The Kier molecular flexibility index (Phi) is 2.70. The molecule has 0 saturated carbocycles. The molecule has 0 bridgehead atoms. The van der Waals surface area contributed by atoms with E-state index in [2.05, 4.69) is 28.9 Å². The summed E-state index contributed by atoms with van der Waals surface area (Å²) in [5, 5.41) is 7.27. The number of hydrogen-bond acceptors (Lipinski definition) is 2. The van der Waals surface area contributed by atoms with Crippen LogP contribution in [0.15, 0.2) is 10.8 Å². The Labute approximate surface area is 71.4 Å². The Hall–Kier alpha value is -0.780. The maximum absolute atomic E-state index is 5.34. The number of aryl methyl sites for hydroxylation is 1. The van der Waals surface area contributed by atoms with Crippen molar-refractivity contribution >= 4 is 11.3 Å². The van der Waals surface area contributed by atoms with Gasteiger partial charge in [0.25, 0.3) is 0 Å². The molecule has 1 rings (SSSR count). The van der Waals surface area contributed by atoms with Crippen molar-refractivity contribution in [3.8, 4) is 12.3 Å². The van der Waals surface area contributed by atoms with Crippen LogP contribution in [0, 0.1) is 19.3 Å². The molecule has 1 atom stereocenters. The van der Waals surface area contributed by atoms with Gasteiger partial charge in [0, 0.05) is 0 Å². The molecule has 2 heteroatoms. The van der Waals surface area contributed by atoms with Crippen LogP contribution in [0.4, 0.5) is 0 Å². The lowest BCUT2D eigenvalue weighted by atomic mass is 10.1. The SMILES string of the molecule is C#CC(NC)c1cscc1C. The van der Waals surface area contributed by atoms with E-state index in [9.17, 15) is 0 Å². The topological polar surface area (TPSA) is 12.0 Å². The van der Waals surface area contributed by atoms with Crippen molar-refractivity contribution in [2.75, 3.05) is 7.05 Å². The summed E-state index contributed by atoms with van der Waals surface area (Å²) in [7, 11) is 1.88. The van der Waals surface area contributed by atoms with Crippen LogP contribution in [0.25, 0.3) is 0 Å². The average Bonchev–Trinajstić information content (AvgIpc) is 2.40. The zero-order valence-corrected chi connectivity index (χ0v) is 7.53. The van der Waals surface area contributed by atoms with Crippen LogP contribution in [0.2, 0.25) is 0 Å². The van der Waals surface area contributed by atoms with Crippen LogP contribution in [-0.2, 0) is 0 Å². The second kappa shape index (κ2) is 3.56. The van der Waals surface area contributed by atoms with E-state index in [1.807, 2.05) is 7.05 Å². The van der Waals surface area contributed by atoms with Gasteiger partial charge in [0.15, 0.2) is 0 Å². The van der Waals surface area contributed by atoms with Gasteiger partial charge < -0.3 is 5.32 Å². The van der Waals surface area contributed by atoms with Gasteiger partial charge in [0.1, 0.15) is 0 Å². The smallest absolute Gasteiger partial charge is 0.0951 e. The molecule has 1 aromatic rings. The molecule has 0 saturated heterocycles. The summed E-state index contributed by atoms with van der Waals surface area (Å²) < 4.78 is 0. The van der Waals surface area contributed by atoms with E-state index in [4.69, 9.17) is 6.42 Å². The van der Waals surface area contributed by atoms with E-state index in [1.165, 1.54) is 11.1 Å². The highest BCUT2D eigenvalue weighted by molar-refractivity contribution is 7.08. The molecule has 1 aromatic heterocycles. The number of nitrogens with one attached hydrogen (secondary N) is 1. The quantitative estimate of drug-likeness (QED) is 0.660. The Bertz CT molecular complexity index is 269. The van der Waals surface area contributed by atoms with Crippen molar-refractivity contribution in [3.63, 3.8) is 0 Å². The first-order valence-electron chi connectivity index (χ1n) is 3.45. The molecule has 1 nitrogen and oxygen atoms in total. The van der Waals surface area contributed by atoms with Crippen LogP contribution in [0.5, 0.6) is 0 Å². The predicted molar refractivity (Wildman–Crippen MR) is 49.7 cm³/mol. The Morgan fingerprint density at radius 2 is 2.36 bits per heavy atom. The summed E-state index contributed by atoms with van der Waals surface area (Å²) >= 11 is 1.69. The molecule has 1 unspecified atom stereocenters. The Balaban J connectivity index is 2.92. The molecule has 0 aliphatic rings. The van der Waals surface area contributed by atoms with Crippen LogP contribution in [0.3, 0.4) is 0 Å². The third-order valence-corrected chi connectivity index (χ3v) is 2.54. The maximum atomic E-state index is 5.34. The van der Waals surface area contributed by atoms with Crippen molar-refractivity contribution in [2.45, 2.75) is 13.0 Å². The lowest BCUT2D eigenvalue weighted by molar-refractivity contribution is 0.735. The minimum absolute atomic E-state index is 0.0706. The number of rotatable bonds is 2. The van der Waals surface area contributed by atoms with Gasteiger partial charge in [-0.3, -0.25) is 0 Å². The molecule has 11 heavy (non-hydrogen) atoms. The Morgan fingerprint density at radius 3 is 2.73 bits per heavy atom. The van der Waals surface area contributed by atoms with Crippen LogP contribution < -0.4 is 5.32 Å². The van der Waals surface area contributed by atoms with Crippen molar-refractivity contribution < 1.29 is 0 Å². The monoisotopic (exact) mass is 165 g/mol. The van der Waals surface area contributed by atoms with Crippen molar-refractivity contribution in [3.05, 3.63) is 21.9 Å². The lowest BCUT2D eigenvalue weighted by Gasteiger charge is -2.07. The van der Waals surface area contributed by atoms with Crippen molar-refractivity contribution in [2.24, 2.45) is 0 Å². The minimum Gasteiger partial charge on any atom is -0.303 e. The zero-order valence-electron chi connectivity index (χ0n) is 6.72. The third kappa shape index (κ3) is 1.62.